The molecule has 0 unspecified atom stereocenters. The summed E-state index contributed by atoms with van der Waals surface area (Å²) in [6.07, 6.45) is 0.555. The molecule has 0 saturated heterocycles. The van der Waals surface area contributed by atoms with Crippen molar-refractivity contribution in [3.05, 3.63) is 28.3 Å². The van der Waals surface area contributed by atoms with Crippen molar-refractivity contribution in [1.82, 2.24) is 5.32 Å². The van der Waals surface area contributed by atoms with Crippen LogP contribution in [0, 0.1) is 0 Å². The summed E-state index contributed by atoms with van der Waals surface area (Å²) in [6.45, 7) is 6.59. The molecule has 0 aliphatic carbocycles. The van der Waals surface area contributed by atoms with Gasteiger partial charge in [-0.25, -0.2) is 0 Å². The lowest BCUT2D eigenvalue weighted by molar-refractivity contribution is -0.120. The molecule has 1 N–H and O–H groups in total. The number of nitrogens with one attached hydrogen (secondary N) is 1. The molecule has 18 heavy (non-hydrogen) atoms. The minimum Gasteiger partial charge on any atom is -0.311 e. The Bertz CT molecular complexity index is 525. The number of carbonyl (C=O) groups excluding carboxylic acids is 1. The third kappa shape index (κ3) is 1.73. The van der Waals surface area contributed by atoms with Crippen LogP contribution < -0.4 is 10.2 Å². The highest BCUT2D eigenvalue weighted by Crippen LogP contribution is 2.44. The Kier molecular flexibility index (Phi) is 2.65. The average Bonchev–Trinajstić information content (AvgIpc) is 2.47. The molecule has 1 amide bonds. The summed E-state index contributed by atoms with van der Waals surface area (Å²) in [5.41, 5.74) is 3.29. The van der Waals surface area contributed by atoms with Gasteiger partial charge in [-0.05, 0) is 23.3 Å². The molecule has 96 valence electrons. The van der Waals surface area contributed by atoms with Gasteiger partial charge in [0, 0.05) is 36.5 Å². The predicted octanol–water partition coefficient (Wildman–Crippen LogP) is 2.46. The Hall–Kier alpha value is -1.06. The van der Waals surface area contributed by atoms with E-state index in [0.717, 1.165) is 35.9 Å². The summed E-state index contributed by atoms with van der Waals surface area (Å²) in [5, 5.41) is 4.10. The molecule has 0 atom stereocenters. The number of nitrogens with zero attached hydrogens (tertiary/aromatic N) is 1. The summed E-state index contributed by atoms with van der Waals surface area (Å²) < 4.78 is 0. The SMILES string of the molecule is CC1(C)CC(=O)N2CCNCc3cc(Cl)cc1c32. The lowest BCUT2D eigenvalue weighted by atomic mass is 9.76. The van der Waals surface area contributed by atoms with Gasteiger partial charge in [0.25, 0.3) is 0 Å². The van der Waals surface area contributed by atoms with Crippen molar-refractivity contribution in [2.24, 2.45) is 0 Å². The number of amides is 1. The van der Waals surface area contributed by atoms with Gasteiger partial charge >= 0.3 is 0 Å². The van der Waals surface area contributed by atoms with Gasteiger partial charge in [0.2, 0.25) is 5.91 Å². The van der Waals surface area contributed by atoms with Crippen molar-refractivity contribution in [1.29, 1.82) is 0 Å². The minimum atomic E-state index is -0.132. The number of rotatable bonds is 0. The predicted molar refractivity (Wildman–Crippen MR) is 73.2 cm³/mol. The normalized spacial score (nSPS) is 21.5. The van der Waals surface area contributed by atoms with Crippen LogP contribution in [-0.2, 0) is 16.8 Å². The van der Waals surface area contributed by atoms with E-state index in [1.807, 2.05) is 17.0 Å². The molecule has 0 saturated carbocycles. The molecular weight excluding hydrogens is 248 g/mol. The maximum atomic E-state index is 12.3. The number of halogens is 1. The van der Waals surface area contributed by atoms with E-state index in [1.165, 1.54) is 5.56 Å². The van der Waals surface area contributed by atoms with Crippen LogP contribution in [0.3, 0.4) is 0 Å². The number of benzene rings is 1. The van der Waals surface area contributed by atoms with Crippen molar-refractivity contribution in [2.75, 3.05) is 18.0 Å². The zero-order chi connectivity index (χ0) is 12.9. The van der Waals surface area contributed by atoms with E-state index >= 15 is 0 Å². The van der Waals surface area contributed by atoms with Gasteiger partial charge in [0.1, 0.15) is 0 Å². The molecule has 1 aromatic carbocycles. The van der Waals surface area contributed by atoms with Crippen LogP contribution in [0.5, 0.6) is 0 Å². The fourth-order valence-corrected chi connectivity index (χ4v) is 3.21. The van der Waals surface area contributed by atoms with E-state index in [2.05, 4.69) is 19.2 Å². The van der Waals surface area contributed by atoms with E-state index < -0.39 is 0 Å². The summed E-state index contributed by atoms with van der Waals surface area (Å²) in [4.78, 5) is 14.2. The van der Waals surface area contributed by atoms with Gasteiger partial charge in [-0.2, -0.15) is 0 Å². The maximum Gasteiger partial charge on any atom is 0.227 e. The lowest BCUT2D eigenvalue weighted by Crippen LogP contribution is -2.43. The van der Waals surface area contributed by atoms with Gasteiger partial charge in [0.15, 0.2) is 0 Å². The van der Waals surface area contributed by atoms with Crippen LogP contribution in [-0.4, -0.2) is 19.0 Å². The Morgan fingerprint density at radius 3 is 2.94 bits per heavy atom. The number of hydrogen-bond donors (Lipinski definition) is 1. The molecular formula is C14H17ClN2O. The quantitative estimate of drug-likeness (QED) is 0.781. The zero-order valence-electron chi connectivity index (χ0n) is 10.7. The van der Waals surface area contributed by atoms with Crippen molar-refractivity contribution < 1.29 is 4.79 Å². The molecule has 3 nitrogen and oxygen atoms in total. The largest absolute Gasteiger partial charge is 0.311 e. The molecule has 0 radical (unpaired) electrons. The second-order valence-corrected chi connectivity index (χ2v) is 6.18. The first kappa shape index (κ1) is 12.0. The second kappa shape index (κ2) is 3.97. The van der Waals surface area contributed by atoms with Crippen molar-refractivity contribution in [3.63, 3.8) is 0 Å². The third-order valence-corrected chi connectivity index (χ3v) is 4.09. The fourth-order valence-electron chi connectivity index (χ4n) is 2.97. The summed E-state index contributed by atoms with van der Waals surface area (Å²) in [6, 6.07) is 3.99. The Labute approximate surface area is 112 Å². The van der Waals surface area contributed by atoms with Crippen LogP contribution in [0.15, 0.2) is 12.1 Å². The number of hydrogen-bond acceptors (Lipinski definition) is 2. The molecule has 0 aromatic heterocycles. The first-order chi connectivity index (χ1) is 8.49. The smallest absolute Gasteiger partial charge is 0.227 e. The van der Waals surface area contributed by atoms with Crippen molar-refractivity contribution in [3.8, 4) is 0 Å². The van der Waals surface area contributed by atoms with Gasteiger partial charge in [-0.1, -0.05) is 25.4 Å². The van der Waals surface area contributed by atoms with Crippen molar-refractivity contribution >= 4 is 23.2 Å². The molecule has 2 heterocycles. The molecule has 0 bridgehead atoms. The van der Waals surface area contributed by atoms with E-state index in [4.69, 9.17) is 11.6 Å². The summed E-state index contributed by atoms with van der Waals surface area (Å²) in [5.74, 6) is 0.222. The third-order valence-electron chi connectivity index (χ3n) is 3.87. The van der Waals surface area contributed by atoms with E-state index in [1.54, 1.807) is 0 Å². The van der Waals surface area contributed by atoms with Crippen LogP contribution in [0.2, 0.25) is 5.02 Å². The Morgan fingerprint density at radius 1 is 1.39 bits per heavy atom. The van der Waals surface area contributed by atoms with E-state index in [9.17, 15) is 4.79 Å². The highest BCUT2D eigenvalue weighted by atomic mass is 35.5. The number of anilines is 1. The first-order valence-electron chi connectivity index (χ1n) is 6.33. The van der Waals surface area contributed by atoms with Crippen molar-refractivity contribution in [2.45, 2.75) is 32.2 Å². The maximum absolute atomic E-state index is 12.3. The molecule has 4 heteroatoms. The number of carbonyl (C=O) groups is 1. The zero-order valence-corrected chi connectivity index (χ0v) is 11.5. The molecule has 1 aromatic rings. The van der Waals surface area contributed by atoms with Gasteiger partial charge in [0.05, 0.1) is 5.69 Å². The summed E-state index contributed by atoms with van der Waals surface area (Å²) in [7, 11) is 0. The Balaban J connectivity index is 2.28. The molecule has 0 fully saturated rings. The van der Waals surface area contributed by atoms with Crippen LogP contribution >= 0.6 is 11.6 Å². The van der Waals surface area contributed by atoms with Crippen LogP contribution in [0.1, 0.15) is 31.4 Å². The topological polar surface area (TPSA) is 32.3 Å². The molecule has 2 aliphatic rings. The standard InChI is InChI=1S/C14H17ClN2O/c1-14(2)7-12(18)17-4-3-16-8-9-5-10(15)6-11(14)13(9)17/h5-6,16H,3-4,7-8H2,1-2H3. The van der Waals surface area contributed by atoms with Gasteiger partial charge in [-0.3, -0.25) is 4.79 Å². The van der Waals surface area contributed by atoms with Crippen LogP contribution in [0.4, 0.5) is 5.69 Å². The van der Waals surface area contributed by atoms with Gasteiger partial charge in [-0.15, -0.1) is 0 Å². The van der Waals surface area contributed by atoms with E-state index in [0.29, 0.717) is 6.42 Å². The van der Waals surface area contributed by atoms with Crippen LogP contribution in [0.25, 0.3) is 0 Å². The Morgan fingerprint density at radius 2 is 2.17 bits per heavy atom. The molecule has 2 aliphatic heterocycles. The highest BCUT2D eigenvalue weighted by Gasteiger charge is 2.38. The lowest BCUT2D eigenvalue weighted by Gasteiger charge is -2.39. The molecule has 3 rings (SSSR count). The highest BCUT2D eigenvalue weighted by molar-refractivity contribution is 6.31. The minimum absolute atomic E-state index is 0.132. The first-order valence-corrected chi connectivity index (χ1v) is 6.71. The van der Waals surface area contributed by atoms with Gasteiger partial charge < -0.3 is 10.2 Å². The second-order valence-electron chi connectivity index (χ2n) is 5.74. The monoisotopic (exact) mass is 264 g/mol. The molecule has 0 spiro atoms. The average molecular weight is 265 g/mol. The summed E-state index contributed by atoms with van der Waals surface area (Å²) >= 11 is 6.22. The fraction of sp³-hybridized carbons (Fsp3) is 0.500. The van der Waals surface area contributed by atoms with E-state index in [-0.39, 0.29) is 11.3 Å².